The molecule has 0 unspecified atom stereocenters. The number of nitrogens with one attached hydrogen (secondary N) is 1. The molecule has 0 spiro atoms. The van der Waals surface area contributed by atoms with Crippen molar-refractivity contribution >= 4 is 23.1 Å². The maximum absolute atomic E-state index is 6.29. The lowest BCUT2D eigenvalue weighted by Crippen LogP contribution is -2.48. The first-order valence-corrected chi connectivity index (χ1v) is 9.61. The van der Waals surface area contributed by atoms with Crippen LogP contribution in [0.25, 0.3) is 0 Å². The van der Waals surface area contributed by atoms with Gasteiger partial charge in [0.25, 0.3) is 0 Å². The fourth-order valence-corrected chi connectivity index (χ4v) is 3.74. The first-order valence-electron chi connectivity index (χ1n) is 9.23. The van der Waals surface area contributed by atoms with Crippen molar-refractivity contribution < 1.29 is 4.74 Å². The Hall–Kier alpha value is -2.90. The van der Waals surface area contributed by atoms with Gasteiger partial charge in [0, 0.05) is 31.2 Å². The number of fused-ring (bicyclic) bond motifs is 2. The summed E-state index contributed by atoms with van der Waals surface area (Å²) < 4.78 is 6.14. The maximum atomic E-state index is 6.29. The molecule has 1 saturated heterocycles. The van der Waals surface area contributed by atoms with Gasteiger partial charge in [-0.25, -0.2) is 9.98 Å². The molecule has 28 heavy (non-hydrogen) atoms. The van der Waals surface area contributed by atoms with E-state index in [1.54, 1.807) is 6.33 Å². The van der Waals surface area contributed by atoms with Crippen LogP contribution in [-0.4, -0.2) is 57.0 Å². The van der Waals surface area contributed by atoms with Gasteiger partial charge >= 0.3 is 0 Å². The highest BCUT2D eigenvalue weighted by Gasteiger charge is 2.26. The maximum Gasteiger partial charge on any atom is 0.153 e. The van der Waals surface area contributed by atoms with E-state index in [9.17, 15) is 0 Å². The number of H-pyrrole nitrogens is 1. The quantitative estimate of drug-likeness (QED) is 0.720. The number of aromatic nitrogens is 3. The number of para-hydroxylation sites is 2. The summed E-state index contributed by atoms with van der Waals surface area (Å²) in [6.45, 7) is 4.33. The highest BCUT2D eigenvalue weighted by molar-refractivity contribution is 6.31. The fourth-order valence-electron chi connectivity index (χ4n) is 3.57. The van der Waals surface area contributed by atoms with Gasteiger partial charge in [-0.3, -0.25) is 10.00 Å². The van der Waals surface area contributed by atoms with Gasteiger partial charge in [0.2, 0.25) is 0 Å². The molecule has 0 atom stereocenters. The minimum absolute atomic E-state index is 0.671. The topological polar surface area (TPSA) is 69.6 Å². The minimum Gasteiger partial charge on any atom is -0.454 e. The SMILES string of the molecule is Clc1ccc2c(c1)C(N1CCN(Cc3ncn[nH]3)CC1)=Nc1ccccc1O2. The van der Waals surface area contributed by atoms with Crippen LogP contribution in [0.15, 0.2) is 53.8 Å². The van der Waals surface area contributed by atoms with Gasteiger partial charge in [0.15, 0.2) is 5.75 Å². The van der Waals surface area contributed by atoms with Crippen LogP contribution in [0.3, 0.4) is 0 Å². The van der Waals surface area contributed by atoms with Crippen LogP contribution < -0.4 is 4.74 Å². The average Bonchev–Trinajstić information content (AvgIpc) is 3.16. The molecule has 0 radical (unpaired) electrons. The Kier molecular flexibility index (Phi) is 4.46. The molecular weight excluding hydrogens is 376 g/mol. The number of benzene rings is 2. The molecule has 2 aromatic carbocycles. The van der Waals surface area contributed by atoms with E-state index in [0.717, 1.165) is 67.1 Å². The van der Waals surface area contributed by atoms with Crippen LogP contribution in [0.5, 0.6) is 11.5 Å². The molecule has 142 valence electrons. The van der Waals surface area contributed by atoms with Crippen molar-refractivity contribution in [1.29, 1.82) is 0 Å². The van der Waals surface area contributed by atoms with E-state index >= 15 is 0 Å². The number of amidine groups is 1. The number of hydrogen-bond donors (Lipinski definition) is 1. The van der Waals surface area contributed by atoms with Crippen LogP contribution in [-0.2, 0) is 6.54 Å². The average molecular weight is 395 g/mol. The van der Waals surface area contributed by atoms with E-state index in [1.165, 1.54) is 0 Å². The Bertz CT molecular complexity index is 1010. The summed E-state index contributed by atoms with van der Waals surface area (Å²) in [7, 11) is 0. The first-order chi connectivity index (χ1) is 13.8. The fraction of sp³-hybridized carbons (Fsp3) is 0.250. The van der Waals surface area contributed by atoms with Gasteiger partial charge in [-0.2, -0.15) is 5.10 Å². The van der Waals surface area contributed by atoms with Crippen LogP contribution >= 0.6 is 11.6 Å². The molecular formula is C20H19ClN6O. The zero-order chi connectivity index (χ0) is 18.9. The monoisotopic (exact) mass is 394 g/mol. The molecule has 5 rings (SSSR count). The standard InChI is InChI=1S/C20H19ClN6O/c21-14-5-6-17-15(11-14)20(24-16-3-1-2-4-18(16)28-17)27-9-7-26(8-10-27)12-19-22-13-23-25-19/h1-6,11,13H,7-10,12H2,(H,22,23,25). The van der Waals surface area contributed by atoms with E-state index < -0.39 is 0 Å². The number of aliphatic imine (C=N–C) groups is 1. The lowest BCUT2D eigenvalue weighted by molar-refractivity contribution is 0.172. The van der Waals surface area contributed by atoms with Crippen molar-refractivity contribution in [2.24, 2.45) is 4.99 Å². The summed E-state index contributed by atoms with van der Waals surface area (Å²) in [6, 6.07) is 13.5. The van der Waals surface area contributed by atoms with Crippen molar-refractivity contribution in [2.45, 2.75) is 6.54 Å². The molecule has 1 N–H and O–H groups in total. The Balaban J connectivity index is 1.43. The molecule has 7 nitrogen and oxygen atoms in total. The van der Waals surface area contributed by atoms with Gasteiger partial charge in [-0.05, 0) is 30.3 Å². The number of halogens is 1. The minimum atomic E-state index is 0.671. The molecule has 2 aliphatic rings. The Morgan fingerprint density at radius 2 is 1.89 bits per heavy atom. The van der Waals surface area contributed by atoms with Gasteiger partial charge in [0.1, 0.15) is 29.4 Å². The van der Waals surface area contributed by atoms with Crippen molar-refractivity contribution in [1.82, 2.24) is 25.0 Å². The predicted molar refractivity (Wildman–Crippen MR) is 107 cm³/mol. The van der Waals surface area contributed by atoms with E-state index in [0.29, 0.717) is 5.02 Å². The zero-order valence-electron chi connectivity index (χ0n) is 15.2. The van der Waals surface area contributed by atoms with Crippen LogP contribution in [0.1, 0.15) is 11.4 Å². The number of aromatic amines is 1. The summed E-state index contributed by atoms with van der Waals surface area (Å²) in [4.78, 5) is 13.8. The molecule has 8 heteroatoms. The molecule has 0 saturated carbocycles. The molecule has 1 aromatic heterocycles. The second-order valence-electron chi connectivity index (χ2n) is 6.84. The lowest BCUT2D eigenvalue weighted by Gasteiger charge is -2.36. The molecule has 3 heterocycles. The van der Waals surface area contributed by atoms with E-state index in [4.69, 9.17) is 21.3 Å². The Labute approximate surface area is 167 Å². The molecule has 0 amide bonds. The normalized spacial score (nSPS) is 16.6. The van der Waals surface area contributed by atoms with Gasteiger partial charge in [-0.15, -0.1) is 0 Å². The summed E-state index contributed by atoms with van der Waals surface area (Å²) >= 11 is 6.29. The highest BCUT2D eigenvalue weighted by atomic mass is 35.5. The van der Waals surface area contributed by atoms with Gasteiger partial charge in [0.05, 0.1) is 12.1 Å². The molecule has 3 aromatic rings. The number of piperazine rings is 1. The number of rotatable bonds is 2. The number of nitrogens with zero attached hydrogens (tertiary/aromatic N) is 5. The van der Waals surface area contributed by atoms with Crippen LogP contribution in [0.2, 0.25) is 5.02 Å². The van der Waals surface area contributed by atoms with Crippen molar-refractivity contribution in [3.63, 3.8) is 0 Å². The lowest BCUT2D eigenvalue weighted by atomic mass is 10.1. The van der Waals surface area contributed by atoms with Crippen molar-refractivity contribution in [2.75, 3.05) is 26.2 Å². The molecule has 0 aliphatic carbocycles. The summed E-state index contributed by atoms with van der Waals surface area (Å²) in [5.74, 6) is 3.32. The van der Waals surface area contributed by atoms with Crippen molar-refractivity contribution in [3.05, 3.63) is 65.2 Å². The van der Waals surface area contributed by atoms with Crippen LogP contribution in [0, 0.1) is 0 Å². The molecule has 2 aliphatic heterocycles. The summed E-state index contributed by atoms with van der Waals surface area (Å²) in [5.41, 5.74) is 1.75. The third-order valence-corrected chi connectivity index (χ3v) is 5.24. The van der Waals surface area contributed by atoms with Gasteiger partial charge in [-0.1, -0.05) is 23.7 Å². The van der Waals surface area contributed by atoms with E-state index in [2.05, 4.69) is 25.0 Å². The smallest absolute Gasteiger partial charge is 0.153 e. The summed E-state index contributed by atoms with van der Waals surface area (Å²) in [6.07, 6.45) is 1.55. The van der Waals surface area contributed by atoms with E-state index in [-0.39, 0.29) is 0 Å². The summed E-state index contributed by atoms with van der Waals surface area (Å²) in [5, 5.41) is 7.52. The third-order valence-electron chi connectivity index (χ3n) is 5.00. The number of ether oxygens (including phenoxy) is 1. The number of hydrogen-bond acceptors (Lipinski definition) is 6. The second kappa shape index (κ2) is 7.26. The third kappa shape index (κ3) is 3.34. The van der Waals surface area contributed by atoms with Crippen molar-refractivity contribution in [3.8, 4) is 11.5 Å². The Morgan fingerprint density at radius 3 is 2.71 bits per heavy atom. The largest absolute Gasteiger partial charge is 0.454 e. The second-order valence-corrected chi connectivity index (χ2v) is 7.28. The molecule has 1 fully saturated rings. The zero-order valence-corrected chi connectivity index (χ0v) is 15.9. The van der Waals surface area contributed by atoms with Gasteiger partial charge < -0.3 is 9.64 Å². The highest BCUT2D eigenvalue weighted by Crippen LogP contribution is 2.38. The molecule has 0 bridgehead atoms. The van der Waals surface area contributed by atoms with Crippen LogP contribution in [0.4, 0.5) is 5.69 Å². The first kappa shape index (κ1) is 17.2. The Morgan fingerprint density at radius 1 is 1.04 bits per heavy atom. The van der Waals surface area contributed by atoms with E-state index in [1.807, 2.05) is 42.5 Å². The predicted octanol–water partition coefficient (Wildman–Crippen LogP) is 3.46.